The van der Waals surface area contributed by atoms with Crippen LogP contribution in [-0.4, -0.2) is 31.7 Å². The highest BCUT2D eigenvalue weighted by atomic mass is 19.4. The van der Waals surface area contributed by atoms with Gasteiger partial charge in [0.15, 0.2) is 5.75 Å². The van der Waals surface area contributed by atoms with Gasteiger partial charge in [0.1, 0.15) is 0 Å². The number of anilines is 1. The van der Waals surface area contributed by atoms with E-state index in [0.717, 1.165) is 19.4 Å². The molecule has 2 saturated heterocycles. The summed E-state index contributed by atoms with van der Waals surface area (Å²) < 4.78 is 46.6. The molecule has 2 aliphatic heterocycles. The zero-order chi connectivity index (χ0) is 13.5. The van der Waals surface area contributed by atoms with Gasteiger partial charge in [-0.05, 0) is 25.0 Å². The van der Waals surface area contributed by atoms with Gasteiger partial charge in [0.05, 0.1) is 17.9 Å². The Morgan fingerprint density at radius 2 is 1.79 bits per heavy atom. The second-order valence-electron chi connectivity index (χ2n) is 4.97. The Bertz CT molecular complexity index is 461. The predicted molar refractivity (Wildman–Crippen MR) is 63.3 cm³/mol. The van der Waals surface area contributed by atoms with Gasteiger partial charge >= 0.3 is 6.36 Å². The van der Waals surface area contributed by atoms with E-state index in [1.54, 1.807) is 18.2 Å². The second kappa shape index (κ2) is 4.30. The second-order valence-corrected chi connectivity index (χ2v) is 4.97. The van der Waals surface area contributed by atoms with E-state index < -0.39 is 6.36 Å². The van der Waals surface area contributed by atoms with E-state index in [0.29, 0.717) is 18.8 Å². The number of benzene rings is 1. The summed E-state index contributed by atoms with van der Waals surface area (Å²) in [6.45, 7) is 2.16. The summed E-state index contributed by atoms with van der Waals surface area (Å²) >= 11 is 0. The van der Waals surface area contributed by atoms with E-state index in [9.17, 15) is 13.2 Å². The first-order valence-electron chi connectivity index (χ1n) is 6.21. The van der Waals surface area contributed by atoms with Crippen LogP contribution in [-0.2, 0) is 4.74 Å². The Morgan fingerprint density at radius 3 is 2.37 bits per heavy atom. The zero-order valence-corrected chi connectivity index (χ0v) is 10.2. The quantitative estimate of drug-likeness (QED) is 0.774. The minimum absolute atomic E-state index is 0.0102. The molecule has 19 heavy (non-hydrogen) atoms. The zero-order valence-electron chi connectivity index (χ0n) is 10.2. The van der Waals surface area contributed by atoms with Crippen molar-refractivity contribution in [1.82, 2.24) is 0 Å². The minimum atomic E-state index is -4.66. The average molecular weight is 273 g/mol. The molecule has 1 aromatic carbocycles. The average Bonchev–Trinajstić information content (AvgIpc) is 3.09. The van der Waals surface area contributed by atoms with Gasteiger partial charge in [0.2, 0.25) is 0 Å². The number of alkyl halides is 3. The van der Waals surface area contributed by atoms with Gasteiger partial charge in [0.25, 0.3) is 0 Å². The van der Waals surface area contributed by atoms with E-state index in [1.165, 1.54) is 6.07 Å². The van der Waals surface area contributed by atoms with Gasteiger partial charge in [-0.15, -0.1) is 13.2 Å². The first-order chi connectivity index (χ1) is 8.98. The number of rotatable bonds is 2. The lowest BCUT2D eigenvalue weighted by molar-refractivity contribution is -0.274. The number of hydrogen-bond acceptors (Lipinski definition) is 3. The fourth-order valence-corrected chi connectivity index (χ4v) is 2.48. The monoisotopic (exact) mass is 273 g/mol. The molecule has 0 bridgehead atoms. The van der Waals surface area contributed by atoms with Crippen LogP contribution in [0.25, 0.3) is 0 Å². The molecule has 0 amide bonds. The third-order valence-electron chi connectivity index (χ3n) is 3.66. The Hall–Kier alpha value is -1.43. The molecular weight excluding hydrogens is 259 g/mol. The lowest BCUT2D eigenvalue weighted by atomic mass is 9.97. The molecule has 2 heterocycles. The molecule has 104 valence electrons. The third-order valence-corrected chi connectivity index (χ3v) is 3.66. The highest BCUT2D eigenvalue weighted by Gasteiger charge is 2.47. The van der Waals surface area contributed by atoms with Crippen LogP contribution in [0.1, 0.15) is 12.8 Å². The molecule has 0 atom stereocenters. The first-order valence-corrected chi connectivity index (χ1v) is 6.21. The number of para-hydroxylation sites is 2. The van der Waals surface area contributed by atoms with E-state index in [-0.39, 0.29) is 11.4 Å². The Labute approximate surface area is 108 Å². The molecule has 0 radical (unpaired) electrons. The van der Waals surface area contributed by atoms with Crippen molar-refractivity contribution in [3.05, 3.63) is 24.3 Å². The Balaban J connectivity index is 1.76. The highest BCUT2D eigenvalue weighted by Crippen LogP contribution is 2.41. The number of hydrogen-bond donors (Lipinski definition) is 0. The molecule has 0 aromatic heterocycles. The molecule has 2 fully saturated rings. The van der Waals surface area contributed by atoms with E-state index in [1.807, 2.05) is 4.90 Å². The fourth-order valence-electron chi connectivity index (χ4n) is 2.48. The SMILES string of the molecule is FC(F)(F)Oc1ccccc1N1CCC2(CC1)CO2. The van der Waals surface area contributed by atoms with Crippen LogP contribution in [0.4, 0.5) is 18.9 Å². The van der Waals surface area contributed by atoms with E-state index in [4.69, 9.17) is 4.74 Å². The molecule has 0 N–H and O–H groups in total. The van der Waals surface area contributed by atoms with E-state index in [2.05, 4.69) is 4.74 Å². The van der Waals surface area contributed by atoms with Gasteiger partial charge in [-0.2, -0.15) is 0 Å². The van der Waals surface area contributed by atoms with Gasteiger partial charge in [-0.3, -0.25) is 0 Å². The number of piperidine rings is 1. The van der Waals surface area contributed by atoms with Crippen molar-refractivity contribution < 1.29 is 22.6 Å². The van der Waals surface area contributed by atoms with Gasteiger partial charge in [0, 0.05) is 13.1 Å². The lowest BCUT2D eigenvalue weighted by Gasteiger charge is -2.33. The summed E-state index contributed by atoms with van der Waals surface area (Å²) in [6.07, 6.45) is -2.95. The molecule has 3 rings (SSSR count). The van der Waals surface area contributed by atoms with Crippen molar-refractivity contribution in [2.75, 3.05) is 24.6 Å². The van der Waals surface area contributed by atoms with Crippen molar-refractivity contribution in [2.24, 2.45) is 0 Å². The third kappa shape index (κ3) is 2.78. The normalized spacial score (nSPS) is 21.5. The standard InChI is InChI=1S/C13H14F3NO2/c14-13(15,16)19-11-4-2-1-3-10(11)17-7-5-12(6-8-17)9-18-12/h1-4H,5-9H2. The summed E-state index contributed by atoms with van der Waals surface area (Å²) in [5.74, 6) is -0.136. The smallest absolute Gasteiger partial charge is 0.404 e. The van der Waals surface area contributed by atoms with Crippen LogP contribution < -0.4 is 9.64 Å². The topological polar surface area (TPSA) is 25.0 Å². The highest BCUT2D eigenvalue weighted by molar-refractivity contribution is 5.58. The Morgan fingerprint density at radius 1 is 1.16 bits per heavy atom. The summed E-state index contributed by atoms with van der Waals surface area (Å²) in [4.78, 5) is 1.92. The van der Waals surface area contributed by atoms with Crippen LogP contribution in [0.2, 0.25) is 0 Å². The van der Waals surface area contributed by atoms with Crippen molar-refractivity contribution in [3.8, 4) is 5.75 Å². The molecule has 1 spiro atoms. The van der Waals surface area contributed by atoms with E-state index >= 15 is 0 Å². The molecule has 1 aromatic rings. The predicted octanol–water partition coefficient (Wildman–Crippen LogP) is 2.95. The molecule has 3 nitrogen and oxygen atoms in total. The maximum Gasteiger partial charge on any atom is 0.573 e. The van der Waals surface area contributed by atoms with Crippen LogP contribution in [0, 0.1) is 0 Å². The number of halogens is 3. The maximum absolute atomic E-state index is 12.4. The Kier molecular flexibility index (Phi) is 2.85. The fraction of sp³-hybridized carbons (Fsp3) is 0.538. The lowest BCUT2D eigenvalue weighted by Crippen LogP contribution is -2.38. The van der Waals surface area contributed by atoms with Gasteiger partial charge < -0.3 is 14.4 Å². The molecule has 0 aliphatic carbocycles. The number of nitrogens with zero attached hydrogens (tertiary/aromatic N) is 1. The largest absolute Gasteiger partial charge is 0.573 e. The molecule has 6 heteroatoms. The van der Waals surface area contributed by atoms with Crippen molar-refractivity contribution in [3.63, 3.8) is 0 Å². The van der Waals surface area contributed by atoms with Gasteiger partial charge in [-0.1, -0.05) is 12.1 Å². The maximum atomic E-state index is 12.4. The van der Waals surface area contributed by atoms with Crippen LogP contribution >= 0.6 is 0 Å². The van der Waals surface area contributed by atoms with Crippen molar-refractivity contribution in [1.29, 1.82) is 0 Å². The molecule has 0 saturated carbocycles. The summed E-state index contributed by atoms with van der Waals surface area (Å²) in [7, 11) is 0. The number of epoxide rings is 1. The van der Waals surface area contributed by atoms with Crippen LogP contribution in [0.5, 0.6) is 5.75 Å². The minimum Gasteiger partial charge on any atom is -0.404 e. The molecular formula is C13H14F3NO2. The summed E-state index contributed by atoms with van der Waals surface area (Å²) in [6, 6.07) is 6.27. The summed E-state index contributed by atoms with van der Waals surface area (Å²) in [5.41, 5.74) is 0.506. The summed E-state index contributed by atoms with van der Waals surface area (Å²) in [5, 5.41) is 0. The number of ether oxygens (including phenoxy) is 2. The van der Waals surface area contributed by atoms with Crippen molar-refractivity contribution in [2.45, 2.75) is 24.8 Å². The van der Waals surface area contributed by atoms with Crippen LogP contribution in [0.3, 0.4) is 0 Å². The first kappa shape index (κ1) is 12.6. The molecule has 2 aliphatic rings. The van der Waals surface area contributed by atoms with Crippen molar-refractivity contribution >= 4 is 5.69 Å². The molecule has 0 unspecified atom stereocenters. The van der Waals surface area contributed by atoms with Gasteiger partial charge in [-0.25, -0.2) is 0 Å². The van der Waals surface area contributed by atoms with Crippen LogP contribution in [0.15, 0.2) is 24.3 Å².